The SMILES string of the molecule is O=[P+]([O-])c1ccccc1.[Na+]. The molecule has 0 saturated carbocycles. The molecular weight excluding hydrogens is 158 g/mol. The van der Waals surface area contributed by atoms with E-state index in [-0.39, 0.29) is 29.6 Å². The molecular formula is C6H5NaO2P+. The van der Waals surface area contributed by atoms with Gasteiger partial charge in [0, 0.05) is 0 Å². The van der Waals surface area contributed by atoms with E-state index >= 15 is 0 Å². The fraction of sp³-hybridized carbons (Fsp3) is 0. The van der Waals surface area contributed by atoms with Crippen molar-refractivity contribution in [1.29, 1.82) is 0 Å². The van der Waals surface area contributed by atoms with Crippen LogP contribution in [0.2, 0.25) is 0 Å². The molecule has 0 aliphatic carbocycles. The first-order chi connectivity index (χ1) is 4.30. The summed E-state index contributed by atoms with van der Waals surface area (Å²) in [7, 11) is -2.40. The first-order valence-electron chi connectivity index (χ1n) is 2.50. The fourth-order valence-electron chi connectivity index (χ4n) is 0.550. The van der Waals surface area contributed by atoms with Crippen LogP contribution in [0.5, 0.6) is 0 Å². The molecule has 4 heteroatoms. The molecule has 1 atom stereocenters. The summed E-state index contributed by atoms with van der Waals surface area (Å²) in [6, 6.07) is 8.29. The Morgan fingerprint density at radius 1 is 1.20 bits per heavy atom. The smallest absolute Gasteiger partial charge is 0.591 e. The monoisotopic (exact) mass is 163 g/mol. The van der Waals surface area contributed by atoms with E-state index in [1.54, 1.807) is 30.3 Å². The van der Waals surface area contributed by atoms with Crippen LogP contribution in [0.1, 0.15) is 0 Å². The van der Waals surface area contributed by atoms with Crippen molar-refractivity contribution in [3.8, 4) is 0 Å². The van der Waals surface area contributed by atoms with Crippen molar-refractivity contribution in [1.82, 2.24) is 0 Å². The summed E-state index contributed by atoms with van der Waals surface area (Å²) in [5, 5.41) is 0.368. The molecule has 0 spiro atoms. The molecule has 0 amide bonds. The summed E-state index contributed by atoms with van der Waals surface area (Å²) in [4.78, 5) is 10.2. The number of benzene rings is 1. The molecule has 1 aromatic carbocycles. The van der Waals surface area contributed by atoms with Gasteiger partial charge in [-0.15, -0.1) is 0 Å². The Hall–Kier alpha value is 0.280. The van der Waals surface area contributed by atoms with E-state index in [0.29, 0.717) is 5.30 Å². The molecule has 10 heavy (non-hydrogen) atoms. The summed E-state index contributed by atoms with van der Waals surface area (Å²) in [5.74, 6) is 0. The van der Waals surface area contributed by atoms with Crippen LogP contribution in [0.4, 0.5) is 0 Å². The predicted octanol–water partition coefficient (Wildman–Crippen LogP) is -2.58. The minimum atomic E-state index is -2.40. The Labute approximate surface area is 82.4 Å². The van der Waals surface area contributed by atoms with Crippen molar-refractivity contribution in [2.75, 3.05) is 0 Å². The second kappa shape index (κ2) is 5.00. The maximum atomic E-state index is 10.2. The molecule has 0 radical (unpaired) electrons. The van der Waals surface area contributed by atoms with Crippen LogP contribution in [0, 0.1) is 0 Å². The normalized spacial score (nSPS) is 9.90. The van der Waals surface area contributed by atoms with E-state index in [2.05, 4.69) is 0 Å². The zero-order valence-corrected chi connectivity index (χ0v) is 8.54. The van der Waals surface area contributed by atoms with Crippen molar-refractivity contribution in [3.05, 3.63) is 30.3 Å². The zero-order valence-electron chi connectivity index (χ0n) is 5.65. The molecule has 1 rings (SSSR count). The largest absolute Gasteiger partial charge is 1.00 e. The van der Waals surface area contributed by atoms with Gasteiger partial charge in [0.1, 0.15) is 0 Å². The standard InChI is InChI=1S/C6H5O2P.Na/c7-9(8)6-4-2-1-3-5-6;/h1-5H;/q;+1. The van der Waals surface area contributed by atoms with Crippen molar-refractivity contribution in [2.45, 2.75) is 0 Å². The Kier molecular flexibility index (Phi) is 5.14. The third-order valence-electron chi connectivity index (χ3n) is 0.967. The maximum absolute atomic E-state index is 10.2. The second-order valence-electron chi connectivity index (χ2n) is 1.59. The Bertz CT molecular complexity index is 212. The molecule has 0 aliphatic rings. The Morgan fingerprint density at radius 3 is 2.00 bits per heavy atom. The van der Waals surface area contributed by atoms with Crippen LogP contribution in [0.3, 0.4) is 0 Å². The molecule has 0 heterocycles. The summed E-state index contributed by atoms with van der Waals surface area (Å²) in [6.45, 7) is 0. The van der Waals surface area contributed by atoms with Crippen molar-refractivity contribution < 1.29 is 39.0 Å². The zero-order chi connectivity index (χ0) is 6.69. The van der Waals surface area contributed by atoms with Gasteiger partial charge in [-0.1, -0.05) is 22.8 Å². The summed E-state index contributed by atoms with van der Waals surface area (Å²) >= 11 is 0. The molecule has 1 aromatic rings. The molecule has 2 nitrogen and oxygen atoms in total. The Balaban J connectivity index is 0.000000810. The summed E-state index contributed by atoms with van der Waals surface area (Å²) in [6.07, 6.45) is 0. The van der Waals surface area contributed by atoms with Gasteiger partial charge in [-0.25, -0.2) is 0 Å². The summed E-state index contributed by atoms with van der Waals surface area (Å²) < 4.78 is 10.2. The van der Waals surface area contributed by atoms with Gasteiger partial charge in [-0.2, -0.15) is 0 Å². The van der Waals surface area contributed by atoms with E-state index in [1.165, 1.54) is 0 Å². The maximum Gasteiger partial charge on any atom is 1.00 e. The van der Waals surface area contributed by atoms with E-state index in [4.69, 9.17) is 0 Å². The van der Waals surface area contributed by atoms with Gasteiger partial charge >= 0.3 is 37.6 Å². The topological polar surface area (TPSA) is 40.1 Å². The first kappa shape index (κ1) is 10.3. The van der Waals surface area contributed by atoms with Crippen LogP contribution >= 0.6 is 8.03 Å². The number of hydrogen-bond donors (Lipinski definition) is 0. The molecule has 0 bridgehead atoms. The molecule has 0 aromatic heterocycles. The van der Waals surface area contributed by atoms with Crippen molar-refractivity contribution >= 4 is 13.3 Å². The first-order valence-corrected chi connectivity index (χ1v) is 3.68. The van der Waals surface area contributed by atoms with E-state index in [9.17, 15) is 9.46 Å². The molecule has 0 N–H and O–H groups in total. The van der Waals surface area contributed by atoms with Gasteiger partial charge < -0.3 is 4.89 Å². The molecule has 0 aliphatic heterocycles. The number of hydrogen-bond acceptors (Lipinski definition) is 2. The van der Waals surface area contributed by atoms with Crippen LogP contribution in [-0.2, 0) is 4.57 Å². The fourth-order valence-corrected chi connectivity index (χ4v) is 0.965. The van der Waals surface area contributed by atoms with Gasteiger partial charge in [-0.05, 0) is 12.1 Å². The minimum absolute atomic E-state index is 0. The molecule has 46 valence electrons. The van der Waals surface area contributed by atoms with Gasteiger partial charge in [0.05, 0.1) is 0 Å². The van der Waals surface area contributed by atoms with E-state index in [1.807, 2.05) is 0 Å². The van der Waals surface area contributed by atoms with Gasteiger partial charge in [-0.3, -0.25) is 0 Å². The molecule has 0 fully saturated rings. The third-order valence-corrected chi connectivity index (χ3v) is 1.69. The molecule has 0 saturated heterocycles. The minimum Gasteiger partial charge on any atom is -0.591 e. The van der Waals surface area contributed by atoms with Gasteiger partial charge in [0.25, 0.3) is 0 Å². The van der Waals surface area contributed by atoms with Crippen LogP contribution < -0.4 is 39.8 Å². The van der Waals surface area contributed by atoms with Crippen molar-refractivity contribution in [3.63, 3.8) is 0 Å². The average Bonchev–Trinajstić information content (AvgIpc) is 1.90. The van der Waals surface area contributed by atoms with Gasteiger partial charge in [0.15, 0.2) is 5.30 Å². The second-order valence-corrected chi connectivity index (χ2v) is 2.62. The Morgan fingerprint density at radius 2 is 1.70 bits per heavy atom. The van der Waals surface area contributed by atoms with Gasteiger partial charge in [0.2, 0.25) is 0 Å². The average molecular weight is 163 g/mol. The molecule has 1 unspecified atom stereocenters. The quantitative estimate of drug-likeness (QED) is 0.337. The van der Waals surface area contributed by atoms with E-state index < -0.39 is 8.03 Å². The predicted molar refractivity (Wildman–Crippen MR) is 33.7 cm³/mol. The van der Waals surface area contributed by atoms with Crippen LogP contribution in [0.15, 0.2) is 30.3 Å². The third kappa shape index (κ3) is 2.91. The number of rotatable bonds is 1. The van der Waals surface area contributed by atoms with E-state index in [0.717, 1.165) is 0 Å². The van der Waals surface area contributed by atoms with Crippen LogP contribution in [-0.4, -0.2) is 0 Å². The summed E-state index contributed by atoms with van der Waals surface area (Å²) in [5.41, 5.74) is 0. The van der Waals surface area contributed by atoms with Crippen molar-refractivity contribution in [2.24, 2.45) is 0 Å². The van der Waals surface area contributed by atoms with Crippen LogP contribution in [0.25, 0.3) is 0 Å².